The summed E-state index contributed by atoms with van der Waals surface area (Å²) in [7, 11) is 0. The van der Waals surface area contributed by atoms with Crippen LogP contribution >= 0.6 is 0 Å². The van der Waals surface area contributed by atoms with E-state index in [1.54, 1.807) is 0 Å². The van der Waals surface area contributed by atoms with Gasteiger partial charge in [0.05, 0.1) is 0 Å². The van der Waals surface area contributed by atoms with Crippen LogP contribution in [0.2, 0.25) is 0 Å². The Kier molecular flexibility index (Phi) is 18.7. The topological polar surface area (TPSA) is 6.48 Å². The number of piperazine rings is 1. The molecule has 0 spiro atoms. The first-order valence-corrected chi connectivity index (χ1v) is 13.3. The molecule has 1 saturated heterocycles. The van der Waals surface area contributed by atoms with Gasteiger partial charge in [0.2, 0.25) is 0 Å². The van der Waals surface area contributed by atoms with Gasteiger partial charge in [-0.1, -0.05) is 117 Å². The van der Waals surface area contributed by atoms with Gasteiger partial charge in [-0.15, -0.1) is 0 Å². The van der Waals surface area contributed by atoms with Crippen LogP contribution < -0.4 is 0 Å². The zero-order chi connectivity index (χ0) is 20.1. The van der Waals surface area contributed by atoms with E-state index >= 15 is 0 Å². The molecule has 1 heterocycles. The Morgan fingerprint density at radius 3 is 0.893 bits per heavy atom. The second-order valence-electron chi connectivity index (χ2n) is 9.34. The van der Waals surface area contributed by atoms with Crippen molar-refractivity contribution >= 4 is 0 Å². The molecule has 2 nitrogen and oxygen atoms in total. The lowest BCUT2D eigenvalue weighted by molar-refractivity contribution is 0.129. The molecule has 168 valence electrons. The van der Waals surface area contributed by atoms with Crippen molar-refractivity contribution in [2.45, 2.75) is 129 Å². The molecule has 0 aromatic carbocycles. The smallest absolute Gasteiger partial charge is 0.0110 e. The van der Waals surface area contributed by atoms with Gasteiger partial charge in [-0.3, -0.25) is 0 Å². The third-order valence-electron chi connectivity index (χ3n) is 6.62. The van der Waals surface area contributed by atoms with Crippen LogP contribution in [0.25, 0.3) is 0 Å². The maximum absolute atomic E-state index is 2.72. The maximum Gasteiger partial charge on any atom is 0.0110 e. The molecule has 0 unspecified atom stereocenters. The molecule has 0 aromatic heterocycles. The van der Waals surface area contributed by atoms with Crippen molar-refractivity contribution in [3.05, 3.63) is 0 Å². The molecule has 28 heavy (non-hydrogen) atoms. The van der Waals surface area contributed by atoms with E-state index in [1.165, 1.54) is 155 Å². The molecule has 1 rings (SSSR count). The first kappa shape index (κ1) is 26.0. The predicted octanol–water partition coefficient (Wildman–Crippen LogP) is 7.67. The van der Waals surface area contributed by atoms with Crippen molar-refractivity contribution in [1.82, 2.24) is 9.80 Å². The van der Waals surface area contributed by atoms with E-state index < -0.39 is 0 Å². The van der Waals surface area contributed by atoms with E-state index in [2.05, 4.69) is 23.6 Å². The Morgan fingerprint density at radius 2 is 0.607 bits per heavy atom. The lowest BCUT2D eigenvalue weighted by Crippen LogP contribution is -2.46. The molecule has 1 aliphatic heterocycles. The maximum atomic E-state index is 2.72. The van der Waals surface area contributed by atoms with E-state index in [0.717, 1.165) is 0 Å². The molecule has 2 heteroatoms. The monoisotopic (exact) mass is 394 g/mol. The first-order valence-electron chi connectivity index (χ1n) is 13.3. The van der Waals surface area contributed by atoms with Gasteiger partial charge in [0.25, 0.3) is 0 Å². The fraction of sp³-hybridized carbons (Fsp3) is 1.00. The predicted molar refractivity (Wildman–Crippen MR) is 127 cm³/mol. The summed E-state index contributed by atoms with van der Waals surface area (Å²) >= 11 is 0. The van der Waals surface area contributed by atoms with Crippen LogP contribution in [0.1, 0.15) is 129 Å². The van der Waals surface area contributed by atoms with Gasteiger partial charge in [0, 0.05) is 26.2 Å². The molecule has 1 fully saturated rings. The average molecular weight is 395 g/mol. The molecule has 0 amide bonds. The number of rotatable bonds is 20. The molecule has 0 aromatic rings. The van der Waals surface area contributed by atoms with Gasteiger partial charge in [0.15, 0.2) is 0 Å². The quantitative estimate of drug-likeness (QED) is 0.195. The van der Waals surface area contributed by atoms with Gasteiger partial charge in [-0.25, -0.2) is 0 Å². The molecule has 0 saturated carbocycles. The highest BCUT2D eigenvalue weighted by Gasteiger charge is 2.15. The van der Waals surface area contributed by atoms with Crippen LogP contribution in [0, 0.1) is 0 Å². The van der Waals surface area contributed by atoms with Crippen LogP contribution in [0.5, 0.6) is 0 Å². The number of hydrogen-bond donors (Lipinski definition) is 0. The van der Waals surface area contributed by atoms with Crippen molar-refractivity contribution < 1.29 is 0 Å². The Balaban J connectivity index is 1.81. The van der Waals surface area contributed by atoms with E-state index in [-0.39, 0.29) is 0 Å². The van der Waals surface area contributed by atoms with Crippen molar-refractivity contribution in [3.8, 4) is 0 Å². The fourth-order valence-electron chi connectivity index (χ4n) is 4.53. The summed E-state index contributed by atoms with van der Waals surface area (Å²) < 4.78 is 0. The number of hydrogen-bond acceptors (Lipinski definition) is 2. The van der Waals surface area contributed by atoms with Crippen molar-refractivity contribution in [2.24, 2.45) is 0 Å². The van der Waals surface area contributed by atoms with Gasteiger partial charge in [-0.2, -0.15) is 0 Å². The minimum absolute atomic E-state index is 1.31. The zero-order valence-corrected chi connectivity index (χ0v) is 19.9. The lowest BCUT2D eigenvalue weighted by Gasteiger charge is -2.34. The zero-order valence-electron chi connectivity index (χ0n) is 19.9. The molecule has 1 aliphatic rings. The standard InChI is InChI=1S/C26H54N2/c1-3-5-7-9-11-13-15-17-19-21-27-23-25-28(26-24-27)22-20-18-16-14-12-10-8-6-4-2/h3-26H2,1-2H3. The molecule has 0 N–H and O–H groups in total. The lowest BCUT2D eigenvalue weighted by atomic mass is 10.1. The molecule has 0 radical (unpaired) electrons. The van der Waals surface area contributed by atoms with Crippen LogP contribution in [-0.2, 0) is 0 Å². The number of nitrogens with zero attached hydrogens (tertiary/aromatic N) is 2. The molecule has 0 aliphatic carbocycles. The molecule has 0 atom stereocenters. The van der Waals surface area contributed by atoms with Gasteiger partial charge < -0.3 is 9.80 Å². The average Bonchev–Trinajstić information content (AvgIpc) is 2.72. The summed E-state index contributed by atoms with van der Waals surface area (Å²) in [5.74, 6) is 0. The molecular weight excluding hydrogens is 340 g/mol. The SMILES string of the molecule is CCCCCCCCCCCN1CCN(CCCCCCCCCCC)CC1. The van der Waals surface area contributed by atoms with E-state index in [4.69, 9.17) is 0 Å². The normalized spacial score (nSPS) is 16.1. The van der Waals surface area contributed by atoms with Crippen LogP contribution in [-0.4, -0.2) is 49.1 Å². The Hall–Kier alpha value is -0.0800. The van der Waals surface area contributed by atoms with Crippen molar-refractivity contribution in [3.63, 3.8) is 0 Å². The Bertz CT molecular complexity index is 267. The van der Waals surface area contributed by atoms with Gasteiger partial charge in [0.1, 0.15) is 0 Å². The minimum atomic E-state index is 1.31. The summed E-state index contributed by atoms with van der Waals surface area (Å²) in [6.07, 6.45) is 26.0. The summed E-state index contributed by atoms with van der Waals surface area (Å²) in [5, 5.41) is 0. The van der Waals surface area contributed by atoms with Crippen molar-refractivity contribution in [2.75, 3.05) is 39.3 Å². The van der Waals surface area contributed by atoms with Crippen LogP contribution in [0.3, 0.4) is 0 Å². The summed E-state index contributed by atoms with van der Waals surface area (Å²) in [6, 6.07) is 0. The Morgan fingerprint density at radius 1 is 0.357 bits per heavy atom. The summed E-state index contributed by atoms with van der Waals surface area (Å²) in [6.45, 7) is 12.6. The van der Waals surface area contributed by atoms with E-state index in [0.29, 0.717) is 0 Å². The third kappa shape index (κ3) is 15.8. The summed E-state index contributed by atoms with van der Waals surface area (Å²) in [5.41, 5.74) is 0. The first-order chi connectivity index (χ1) is 13.9. The van der Waals surface area contributed by atoms with Gasteiger partial charge >= 0.3 is 0 Å². The second-order valence-corrected chi connectivity index (χ2v) is 9.34. The van der Waals surface area contributed by atoms with E-state index in [9.17, 15) is 0 Å². The van der Waals surface area contributed by atoms with E-state index in [1.807, 2.05) is 0 Å². The Labute approximate surface area is 178 Å². The summed E-state index contributed by atoms with van der Waals surface area (Å²) in [4.78, 5) is 5.43. The third-order valence-corrected chi connectivity index (χ3v) is 6.62. The van der Waals surface area contributed by atoms with Crippen LogP contribution in [0.15, 0.2) is 0 Å². The number of unbranched alkanes of at least 4 members (excludes halogenated alkanes) is 16. The highest BCUT2D eigenvalue weighted by Crippen LogP contribution is 2.12. The minimum Gasteiger partial charge on any atom is -0.301 e. The molecular formula is C26H54N2. The largest absolute Gasteiger partial charge is 0.301 e. The fourth-order valence-corrected chi connectivity index (χ4v) is 4.53. The highest BCUT2D eigenvalue weighted by molar-refractivity contribution is 4.71. The second kappa shape index (κ2) is 20.2. The van der Waals surface area contributed by atoms with Gasteiger partial charge in [-0.05, 0) is 25.9 Å². The molecule has 0 bridgehead atoms. The van der Waals surface area contributed by atoms with Crippen molar-refractivity contribution in [1.29, 1.82) is 0 Å². The van der Waals surface area contributed by atoms with Crippen LogP contribution in [0.4, 0.5) is 0 Å². The highest BCUT2D eigenvalue weighted by atomic mass is 15.3.